The van der Waals surface area contributed by atoms with E-state index >= 15 is 0 Å². The third-order valence-corrected chi connectivity index (χ3v) is 4.73. The van der Waals surface area contributed by atoms with Crippen LogP contribution < -0.4 is 5.32 Å². The lowest BCUT2D eigenvalue weighted by Crippen LogP contribution is -2.58. The molecule has 1 fully saturated rings. The van der Waals surface area contributed by atoms with Crippen LogP contribution in [-0.4, -0.2) is 28.9 Å². The molecule has 1 heterocycles. The number of benzene rings is 1. The maximum absolute atomic E-state index is 10.8. The molecule has 0 spiro atoms. The second-order valence-corrected chi connectivity index (χ2v) is 6.09. The molecule has 0 radical (unpaired) electrons. The van der Waals surface area contributed by atoms with Crippen molar-refractivity contribution < 1.29 is 9.90 Å². The Bertz CT molecular complexity index is 421. The first-order chi connectivity index (χ1) is 8.11. The number of nitrogens with one attached hydrogen (secondary N) is 1. The molecule has 0 amide bonds. The number of carboxylic acids is 1. The molecule has 3 nitrogen and oxygen atoms in total. The molecule has 1 aliphatic rings. The summed E-state index contributed by atoms with van der Waals surface area (Å²) in [6.45, 7) is 1.52. The summed E-state index contributed by atoms with van der Waals surface area (Å²) in [7, 11) is 0. The summed E-state index contributed by atoms with van der Waals surface area (Å²) in [5.74, 6) is 0.0207. The number of halogens is 1. The van der Waals surface area contributed by atoms with E-state index < -0.39 is 5.97 Å². The van der Waals surface area contributed by atoms with Crippen LogP contribution in [0.2, 0.25) is 5.02 Å². The molecule has 5 heteroatoms. The summed E-state index contributed by atoms with van der Waals surface area (Å²) < 4.78 is -0.162. The summed E-state index contributed by atoms with van der Waals surface area (Å²) in [6.07, 6.45) is 0.203. The molecule has 0 bridgehead atoms. The van der Waals surface area contributed by atoms with Gasteiger partial charge in [0.15, 0.2) is 0 Å². The lowest BCUT2D eigenvalue weighted by atomic mass is 9.98. The third-order valence-electron chi connectivity index (χ3n) is 2.86. The molecule has 0 unspecified atom stereocenters. The van der Waals surface area contributed by atoms with E-state index in [0.29, 0.717) is 0 Å². The standard InChI is InChI=1S/C12H14ClNO2S/c13-10-4-2-1-3-9(10)6-17-12(5-11(15)16)7-14-8-12/h1-4,14H,5-8H2,(H,15,16). The quantitative estimate of drug-likeness (QED) is 0.863. The van der Waals surface area contributed by atoms with Gasteiger partial charge in [0.05, 0.1) is 11.2 Å². The van der Waals surface area contributed by atoms with Crippen molar-refractivity contribution in [1.82, 2.24) is 5.32 Å². The molecular weight excluding hydrogens is 258 g/mol. The normalized spacial score (nSPS) is 17.5. The summed E-state index contributed by atoms with van der Waals surface area (Å²) in [4.78, 5) is 10.8. The number of hydrogen-bond donors (Lipinski definition) is 2. The highest BCUT2D eigenvalue weighted by Gasteiger charge is 2.39. The van der Waals surface area contributed by atoms with Crippen LogP contribution in [0.1, 0.15) is 12.0 Å². The summed E-state index contributed by atoms with van der Waals surface area (Å²) in [6, 6.07) is 7.69. The Morgan fingerprint density at radius 1 is 1.47 bits per heavy atom. The second kappa shape index (κ2) is 5.29. The van der Waals surface area contributed by atoms with E-state index in [2.05, 4.69) is 5.32 Å². The molecule has 1 aromatic rings. The van der Waals surface area contributed by atoms with Crippen molar-refractivity contribution in [3.63, 3.8) is 0 Å². The summed E-state index contributed by atoms with van der Waals surface area (Å²) in [5, 5.41) is 12.8. The minimum Gasteiger partial charge on any atom is -0.481 e. The van der Waals surface area contributed by atoms with Crippen molar-refractivity contribution in [2.75, 3.05) is 13.1 Å². The maximum atomic E-state index is 10.8. The average Bonchev–Trinajstić information content (AvgIpc) is 2.23. The third kappa shape index (κ3) is 3.15. The largest absolute Gasteiger partial charge is 0.481 e. The van der Waals surface area contributed by atoms with Crippen LogP contribution in [0.3, 0.4) is 0 Å². The highest BCUT2D eigenvalue weighted by atomic mass is 35.5. The van der Waals surface area contributed by atoms with E-state index in [1.807, 2.05) is 24.3 Å². The Labute approximate surface area is 110 Å². The number of hydrogen-bond acceptors (Lipinski definition) is 3. The van der Waals surface area contributed by atoms with Gasteiger partial charge < -0.3 is 10.4 Å². The molecule has 0 saturated carbocycles. The van der Waals surface area contributed by atoms with Gasteiger partial charge in [0, 0.05) is 23.9 Å². The van der Waals surface area contributed by atoms with Crippen LogP contribution >= 0.6 is 23.4 Å². The summed E-state index contributed by atoms with van der Waals surface area (Å²) in [5.41, 5.74) is 1.07. The highest BCUT2D eigenvalue weighted by Crippen LogP contribution is 2.36. The molecule has 2 N–H and O–H groups in total. The van der Waals surface area contributed by atoms with Crippen LogP contribution in [0, 0.1) is 0 Å². The van der Waals surface area contributed by atoms with Gasteiger partial charge in [-0.25, -0.2) is 0 Å². The van der Waals surface area contributed by atoms with E-state index in [0.717, 1.165) is 29.4 Å². The number of rotatable bonds is 5. The zero-order valence-electron chi connectivity index (χ0n) is 9.28. The van der Waals surface area contributed by atoms with Crippen molar-refractivity contribution in [2.24, 2.45) is 0 Å². The van der Waals surface area contributed by atoms with Crippen molar-refractivity contribution >= 4 is 29.3 Å². The number of thioether (sulfide) groups is 1. The first-order valence-corrected chi connectivity index (χ1v) is 6.78. The summed E-state index contributed by atoms with van der Waals surface area (Å²) >= 11 is 7.75. The van der Waals surface area contributed by atoms with Crippen molar-refractivity contribution in [3.8, 4) is 0 Å². The fourth-order valence-corrected chi connectivity index (χ4v) is 3.43. The molecule has 1 aromatic carbocycles. The van der Waals surface area contributed by atoms with Crippen molar-refractivity contribution in [3.05, 3.63) is 34.9 Å². The van der Waals surface area contributed by atoms with E-state index in [9.17, 15) is 4.79 Å². The fraction of sp³-hybridized carbons (Fsp3) is 0.417. The van der Waals surface area contributed by atoms with E-state index in [4.69, 9.17) is 16.7 Å². The van der Waals surface area contributed by atoms with Gasteiger partial charge in [-0.2, -0.15) is 0 Å². The van der Waals surface area contributed by atoms with Gasteiger partial charge in [0.25, 0.3) is 0 Å². The molecule has 17 heavy (non-hydrogen) atoms. The van der Waals surface area contributed by atoms with E-state index in [1.54, 1.807) is 11.8 Å². The monoisotopic (exact) mass is 271 g/mol. The topological polar surface area (TPSA) is 49.3 Å². The molecule has 2 rings (SSSR count). The van der Waals surface area contributed by atoms with Gasteiger partial charge in [-0.1, -0.05) is 29.8 Å². The van der Waals surface area contributed by atoms with Crippen LogP contribution in [0.4, 0.5) is 0 Å². The molecular formula is C12H14ClNO2S. The van der Waals surface area contributed by atoms with Crippen molar-refractivity contribution in [1.29, 1.82) is 0 Å². The molecule has 0 aliphatic carbocycles. The molecule has 1 aliphatic heterocycles. The zero-order valence-corrected chi connectivity index (χ0v) is 10.9. The van der Waals surface area contributed by atoms with Gasteiger partial charge >= 0.3 is 5.97 Å². The molecule has 1 saturated heterocycles. The Morgan fingerprint density at radius 3 is 2.71 bits per heavy atom. The maximum Gasteiger partial charge on any atom is 0.304 e. The Kier molecular flexibility index (Phi) is 3.97. The van der Waals surface area contributed by atoms with Gasteiger partial charge in [-0.15, -0.1) is 11.8 Å². The lowest BCUT2D eigenvalue weighted by molar-refractivity contribution is -0.138. The van der Waals surface area contributed by atoms with Crippen LogP contribution in [0.25, 0.3) is 0 Å². The predicted octanol–water partition coefficient (Wildman–Crippen LogP) is 2.39. The van der Waals surface area contributed by atoms with E-state index in [-0.39, 0.29) is 11.2 Å². The number of carboxylic acid groups (broad SMARTS) is 1. The van der Waals surface area contributed by atoms with Gasteiger partial charge in [-0.3, -0.25) is 4.79 Å². The van der Waals surface area contributed by atoms with Gasteiger partial charge in [0.1, 0.15) is 0 Å². The van der Waals surface area contributed by atoms with Crippen LogP contribution in [0.15, 0.2) is 24.3 Å². The van der Waals surface area contributed by atoms with Gasteiger partial charge in [0.2, 0.25) is 0 Å². The van der Waals surface area contributed by atoms with Gasteiger partial charge in [-0.05, 0) is 11.6 Å². The zero-order chi connectivity index (χ0) is 12.3. The smallest absolute Gasteiger partial charge is 0.304 e. The first-order valence-electron chi connectivity index (χ1n) is 5.41. The number of carbonyl (C=O) groups is 1. The Balaban J connectivity index is 1.97. The SMILES string of the molecule is O=C(O)CC1(SCc2ccccc2Cl)CNC1. The van der Waals surface area contributed by atoms with Crippen LogP contribution in [-0.2, 0) is 10.5 Å². The fourth-order valence-electron chi connectivity index (χ4n) is 1.80. The minimum atomic E-state index is -0.738. The van der Waals surface area contributed by atoms with E-state index in [1.165, 1.54) is 0 Å². The Hall–Kier alpha value is -0.710. The molecule has 0 aromatic heterocycles. The predicted molar refractivity (Wildman–Crippen MR) is 70.6 cm³/mol. The van der Waals surface area contributed by atoms with Crippen molar-refractivity contribution in [2.45, 2.75) is 16.9 Å². The lowest BCUT2D eigenvalue weighted by Gasteiger charge is -2.41. The molecule has 92 valence electrons. The first kappa shape index (κ1) is 12.7. The minimum absolute atomic E-state index is 0.162. The molecule has 0 atom stereocenters. The average molecular weight is 272 g/mol. The van der Waals surface area contributed by atoms with Crippen LogP contribution in [0.5, 0.6) is 0 Å². The second-order valence-electron chi connectivity index (χ2n) is 4.24. The number of aliphatic carboxylic acids is 1. The highest BCUT2D eigenvalue weighted by molar-refractivity contribution is 8.00. The Morgan fingerprint density at radius 2 is 2.18 bits per heavy atom.